The first-order chi connectivity index (χ1) is 10.1. The van der Waals surface area contributed by atoms with Crippen molar-refractivity contribution in [3.05, 3.63) is 24.3 Å². The topological polar surface area (TPSA) is 49.9 Å². The summed E-state index contributed by atoms with van der Waals surface area (Å²) in [5.74, 6) is 0.935. The lowest BCUT2D eigenvalue weighted by Gasteiger charge is -2.33. The second kappa shape index (κ2) is 7.36. The van der Waals surface area contributed by atoms with E-state index in [-0.39, 0.29) is 11.2 Å². The number of piperazine rings is 1. The minimum Gasteiger partial charge on any atom is -0.497 e. The molecule has 2 rings (SSSR count). The van der Waals surface area contributed by atoms with E-state index in [1.165, 1.54) is 0 Å². The summed E-state index contributed by atoms with van der Waals surface area (Å²) in [5.41, 5.74) is 0. The van der Waals surface area contributed by atoms with Gasteiger partial charge in [-0.05, 0) is 31.2 Å². The van der Waals surface area contributed by atoms with E-state index in [1.807, 2.05) is 36.1 Å². The Hall–Kier alpha value is -1.69. The molecule has 1 aromatic carbocycles. The molecule has 21 heavy (non-hydrogen) atoms. The Kier molecular flexibility index (Phi) is 5.50. The van der Waals surface area contributed by atoms with Crippen LogP contribution in [0.4, 0.5) is 0 Å². The van der Waals surface area contributed by atoms with E-state index in [4.69, 9.17) is 4.74 Å². The van der Waals surface area contributed by atoms with Gasteiger partial charge in [0.1, 0.15) is 5.75 Å². The van der Waals surface area contributed by atoms with E-state index in [0.29, 0.717) is 26.2 Å². The molecule has 1 aliphatic heterocycles. The SMILES string of the molecule is COc1ccc(S[C@H](C)C(=O)N2CCN(C=O)CC2)cc1. The fraction of sp³-hybridized carbons (Fsp3) is 0.467. The lowest BCUT2D eigenvalue weighted by atomic mass is 10.3. The van der Waals surface area contributed by atoms with Crippen LogP contribution >= 0.6 is 11.8 Å². The second-order valence-corrected chi connectivity index (χ2v) is 6.32. The molecule has 114 valence electrons. The first-order valence-electron chi connectivity index (χ1n) is 6.93. The maximum atomic E-state index is 12.4. The highest BCUT2D eigenvalue weighted by Gasteiger charge is 2.24. The van der Waals surface area contributed by atoms with Crippen LogP contribution < -0.4 is 4.74 Å². The number of benzene rings is 1. The standard InChI is InChI=1S/C15H20N2O3S/c1-12(21-14-5-3-13(20-2)4-6-14)15(19)17-9-7-16(11-18)8-10-17/h3-6,11-12H,7-10H2,1-2H3/t12-/m1/s1. The van der Waals surface area contributed by atoms with Crippen LogP contribution in [0.1, 0.15) is 6.92 Å². The molecule has 2 amide bonds. The van der Waals surface area contributed by atoms with Crippen molar-refractivity contribution in [1.82, 2.24) is 9.80 Å². The summed E-state index contributed by atoms with van der Waals surface area (Å²) in [7, 11) is 1.63. The number of carbonyl (C=O) groups is 2. The molecule has 0 radical (unpaired) electrons. The van der Waals surface area contributed by atoms with E-state index in [1.54, 1.807) is 23.8 Å². The van der Waals surface area contributed by atoms with Crippen LogP contribution in [0.3, 0.4) is 0 Å². The number of hydrogen-bond donors (Lipinski definition) is 0. The summed E-state index contributed by atoms with van der Waals surface area (Å²) in [6.07, 6.45) is 0.845. The van der Waals surface area contributed by atoms with Crippen molar-refractivity contribution < 1.29 is 14.3 Å². The molecule has 0 N–H and O–H groups in total. The summed E-state index contributed by atoms with van der Waals surface area (Å²) in [6.45, 7) is 4.39. The predicted molar refractivity (Wildman–Crippen MR) is 82.5 cm³/mol. The predicted octanol–water partition coefficient (Wildman–Crippen LogP) is 1.48. The molecule has 6 heteroatoms. The van der Waals surface area contributed by atoms with Crippen molar-refractivity contribution in [3.63, 3.8) is 0 Å². The Morgan fingerprint density at radius 1 is 1.24 bits per heavy atom. The third kappa shape index (κ3) is 4.14. The van der Waals surface area contributed by atoms with Crippen molar-refractivity contribution >= 4 is 24.1 Å². The maximum absolute atomic E-state index is 12.4. The van der Waals surface area contributed by atoms with E-state index in [2.05, 4.69) is 0 Å². The fourth-order valence-electron chi connectivity index (χ4n) is 2.21. The Morgan fingerprint density at radius 2 is 1.86 bits per heavy atom. The summed E-state index contributed by atoms with van der Waals surface area (Å²) in [4.78, 5) is 27.6. The third-order valence-electron chi connectivity index (χ3n) is 3.50. The summed E-state index contributed by atoms with van der Waals surface area (Å²) < 4.78 is 5.12. The van der Waals surface area contributed by atoms with Crippen LogP contribution in [0.25, 0.3) is 0 Å². The minimum atomic E-state index is -0.138. The number of carbonyl (C=O) groups excluding carboxylic acids is 2. The number of methoxy groups -OCH3 is 1. The highest BCUT2D eigenvalue weighted by Crippen LogP contribution is 2.26. The smallest absolute Gasteiger partial charge is 0.235 e. The molecule has 0 spiro atoms. The minimum absolute atomic E-state index is 0.126. The van der Waals surface area contributed by atoms with E-state index in [0.717, 1.165) is 17.1 Å². The normalized spacial score (nSPS) is 16.5. The van der Waals surface area contributed by atoms with Crippen LogP contribution in [-0.4, -0.2) is 60.7 Å². The molecule has 0 saturated carbocycles. The van der Waals surface area contributed by atoms with Gasteiger partial charge in [-0.15, -0.1) is 11.8 Å². The number of amides is 2. The Labute approximate surface area is 129 Å². The summed E-state index contributed by atoms with van der Waals surface area (Å²) in [6, 6.07) is 7.69. The second-order valence-electron chi connectivity index (χ2n) is 4.90. The molecular formula is C15H20N2O3S. The van der Waals surface area contributed by atoms with Crippen LogP contribution in [0, 0.1) is 0 Å². The Morgan fingerprint density at radius 3 is 2.38 bits per heavy atom. The first kappa shape index (κ1) is 15.7. The highest BCUT2D eigenvalue weighted by molar-refractivity contribution is 8.00. The van der Waals surface area contributed by atoms with E-state index < -0.39 is 0 Å². The zero-order valence-corrected chi connectivity index (χ0v) is 13.1. The zero-order chi connectivity index (χ0) is 15.2. The molecule has 0 bridgehead atoms. The Bertz CT molecular complexity index is 484. The lowest BCUT2D eigenvalue weighted by molar-refractivity contribution is -0.134. The largest absolute Gasteiger partial charge is 0.497 e. The molecule has 1 aliphatic rings. The lowest BCUT2D eigenvalue weighted by Crippen LogP contribution is -2.50. The third-order valence-corrected chi connectivity index (χ3v) is 4.59. The number of nitrogens with zero attached hydrogens (tertiary/aromatic N) is 2. The molecule has 1 fully saturated rings. The van der Waals surface area contributed by atoms with Crippen LogP contribution in [0.2, 0.25) is 0 Å². The molecule has 0 unspecified atom stereocenters. The molecule has 1 saturated heterocycles. The number of rotatable bonds is 5. The van der Waals surface area contributed by atoms with Gasteiger partial charge in [0, 0.05) is 31.1 Å². The monoisotopic (exact) mass is 308 g/mol. The van der Waals surface area contributed by atoms with Gasteiger partial charge in [0.25, 0.3) is 0 Å². The van der Waals surface area contributed by atoms with Crippen molar-refractivity contribution in [1.29, 1.82) is 0 Å². The number of hydrogen-bond acceptors (Lipinski definition) is 4. The van der Waals surface area contributed by atoms with Gasteiger partial charge in [-0.3, -0.25) is 9.59 Å². The van der Waals surface area contributed by atoms with Crippen LogP contribution in [0.15, 0.2) is 29.2 Å². The van der Waals surface area contributed by atoms with Crippen molar-refractivity contribution in [2.24, 2.45) is 0 Å². The van der Waals surface area contributed by atoms with Gasteiger partial charge in [-0.2, -0.15) is 0 Å². The van der Waals surface area contributed by atoms with E-state index in [9.17, 15) is 9.59 Å². The van der Waals surface area contributed by atoms with Gasteiger partial charge in [0.05, 0.1) is 12.4 Å². The molecule has 0 aromatic heterocycles. The fourth-order valence-corrected chi connectivity index (χ4v) is 3.17. The van der Waals surface area contributed by atoms with E-state index >= 15 is 0 Å². The quantitative estimate of drug-likeness (QED) is 0.611. The number of ether oxygens (including phenoxy) is 1. The first-order valence-corrected chi connectivity index (χ1v) is 7.81. The van der Waals surface area contributed by atoms with Crippen LogP contribution in [-0.2, 0) is 9.59 Å². The summed E-state index contributed by atoms with van der Waals surface area (Å²) >= 11 is 1.54. The number of thioether (sulfide) groups is 1. The zero-order valence-electron chi connectivity index (χ0n) is 12.3. The molecule has 1 atom stereocenters. The summed E-state index contributed by atoms with van der Waals surface area (Å²) in [5, 5.41) is -0.138. The van der Waals surface area contributed by atoms with Gasteiger partial charge < -0.3 is 14.5 Å². The molecule has 1 heterocycles. The van der Waals surface area contributed by atoms with Gasteiger partial charge in [0.2, 0.25) is 12.3 Å². The average Bonchev–Trinajstić information content (AvgIpc) is 2.55. The molecule has 0 aliphatic carbocycles. The van der Waals surface area contributed by atoms with Gasteiger partial charge in [-0.1, -0.05) is 0 Å². The molecular weight excluding hydrogens is 288 g/mol. The molecule has 5 nitrogen and oxygen atoms in total. The van der Waals surface area contributed by atoms with Gasteiger partial charge in [0.15, 0.2) is 0 Å². The van der Waals surface area contributed by atoms with Crippen molar-refractivity contribution in [3.8, 4) is 5.75 Å². The van der Waals surface area contributed by atoms with Crippen LogP contribution in [0.5, 0.6) is 5.75 Å². The van der Waals surface area contributed by atoms with Gasteiger partial charge >= 0.3 is 0 Å². The molecule has 1 aromatic rings. The Balaban J connectivity index is 1.88. The van der Waals surface area contributed by atoms with Crippen molar-refractivity contribution in [2.45, 2.75) is 17.1 Å². The van der Waals surface area contributed by atoms with Crippen molar-refractivity contribution in [2.75, 3.05) is 33.3 Å². The van der Waals surface area contributed by atoms with Gasteiger partial charge in [-0.25, -0.2) is 0 Å². The average molecular weight is 308 g/mol. The maximum Gasteiger partial charge on any atom is 0.235 e. The highest BCUT2D eigenvalue weighted by atomic mass is 32.2.